The Bertz CT molecular complexity index is 416. The van der Waals surface area contributed by atoms with Gasteiger partial charge in [0.2, 0.25) is 0 Å². The van der Waals surface area contributed by atoms with Crippen LogP contribution in [-0.4, -0.2) is 18.7 Å². The van der Waals surface area contributed by atoms with Crippen molar-refractivity contribution in [2.24, 2.45) is 5.92 Å². The fourth-order valence-corrected chi connectivity index (χ4v) is 1.73. The maximum atomic E-state index is 12.9. The van der Waals surface area contributed by atoms with Gasteiger partial charge in [-0.3, -0.25) is 0 Å². The smallest absolute Gasteiger partial charge is 0.419 e. The Kier molecular flexibility index (Phi) is 5.87. The number of hydrogen-bond acceptors (Lipinski definition) is 2. The minimum absolute atomic E-state index is 0.107. The normalized spacial score (nSPS) is 13.8. The van der Waals surface area contributed by atoms with Crippen molar-refractivity contribution in [1.82, 2.24) is 5.32 Å². The molecule has 0 spiro atoms. The molecule has 0 amide bonds. The van der Waals surface area contributed by atoms with Crippen molar-refractivity contribution in [2.45, 2.75) is 46.0 Å². The van der Waals surface area contributed by atoms with Crippen LogP contribution < -0.4 is 10.1 Å². The molecule has 1 atom stereocenters. The Balaban J connectivity index is 2.89. The first kappa shape index (κ1) is 16.8. The summed E-state index contributed by atoms with van der Waals surface area (Å²) < 4.78 is 44.4. The third-order valence-electron chi connectivity index (χ3n) is 2.94. The molecule has 20 heavy (non-hydrogen) atoms. The van der Waals surface area contributed by atoms with Crippen LogP contribution in [0.3, 0.4) is 0 Å². The average Bonchev–Trinajstić information content (AvgIpc) is 2.33. The number of rotatable bonds is 6. The molecule has 114 valence electrons. The number of ether oxygens (including phenoxy) is 1. The number of para-hydroxylation sites is 1. The van der Waals surface area contributed by atoms with E-state index in [-0.39, 0.29) is 23.8 Å². The second kappa shape index (κ2) is 6.97. The van der Waals surface area contributed by atoms with Crippen molar-refractivity contribution in [3.05, 3.63) is 29.8 Å². The standard InChI is InChI=1S/C15H22F3NO/c1-10(2)14(9-19-11(3)4)20-13-8-6-5-7-12(13)15(16,17)18/h5-8,10-11,14,19H,9H2,1-4H3. The zero-order valence-corrected chi connectivity index (χ0v) is 12.3. The van der Waals surface area contributed by atoms with Gasteiger partial charge < -0.3 is 10.1 Å². The summed E-state index contributed by atoms with van der Waals surface area (Å²) in [6.07, 6.45) is -4.70. The molecular formula is C15H22F3NO. The molecule has 0 aliphatic carbocycles. The van der Waals surface area contributed by atoms with Crippen LogP contribution in [0, 0.1) is 5.92 Å². The lowest BCUT2D eigenvalue weighted by atomic mass is 10.1. The Morgan fingerprint density at radius 3 is 2.20 bits per heavy atom. The van der Waals surface area contributed by atoms with Crippen molar-refractivity contribution >= 4 is 0 Å². The molecule has 1 aromatic rings. The molecule has 0 heterocycles. The molecule has 1 N–H and O–H groups in total. The maximum Gasteiger partial charge on any atom is 0.419 e. The summed E-state index contributed by atoms with van der Waals surface area (Å²) in [6, 6.07) is 5.60. The van der Waals surface area contributed by atoms with E-state index >= 15 is 0 Å². The van der Waals surface area contributed by atoms with Crippen molar-refractivity contribution in [3.8, 4) is 5.75 Å². The van der Waals surface area contributed by atoms with Crippen LogP contribution in [0.5, 0.6) is 5.75 Å². The molecule has 1 unspecified atom stereocenters. The first-order valence-electron chi connectivity index (χ1n) is 6.78. The number of halogens is 3. The fourth-order valence-electron chi connectivity index (χ4n) is 1.73. The Morgan fingerprint density at radius 2 is 1.70 bits per heavy atom. The van der Waals surface area contributed by atoms with E-state index in [1.807, 2.05) is 27.7 Å². The molecule has 0 aliphatic heterocycles. The largest absolute Gasteiger partial charge is 0.488 e. The van der Waals surface area contributed by atoms with Crippen molar-refractivity contribution in [1.29, 1.82) is 0 Å². The van der Waals surface area contributed by atoms with Crippen molar-refractivity contribution in [3.63, 3.8) is 0 Å². The Labute approximate surface area is 118 Å². The summed E-state index contributed by atoms with van der Waals surface area (Å²) in [4.78, 5) is 0. The van der Waals surface area contributed by atoms with Gasteiger partial charge in [0.1, 0.15) is 11.9 Å². The summed E-state index contributed by atoms with van der Waals surface area (Å²) in [5, 5.41) is 3.20. The zero-order chi connectivity index (χ0) is 15.3. The Morgan fingerprint density at radius 1 is 1.10 bits per heavy atom. The van der Waals surface area contributed by atoms with Crippen molar-refractivity contribution in [2.75, 3.05) is 6.54 Å². The number of nitrogens with one attached hydrogen (secondary N) is 1. The highest BCUT2D eigenvalue weighted by Gasteiger charge is 2.34. The van der Waals surface area contributed by atoms with E-state index < -0.39 is 11.7 Å². The number of hydrogen-bond donors (Lipinski definition) is 1. The second-order valence-corrected chi connectivity index (χ2v) is 5.46. The first-order chi connectivity index (χ1) is 9.21. The van der Waals surface area contributed by atoms with Gasteiger partial charge in [-0.05, 0) is 18.1 Å². The van der Waals surface area contributed by atoms with Crippen molar-refractivity contribution < 1.29 is 17.9 Å². The molecule has 0 fully saturated rings. The van der Waals surface area contributed by atoms with E-state index in [4.69, 9.17) is 4.74 Å². The quantitative estimate of drug-likeness (QED) is 0.851. The molecule has 0 saturated heterocycles. The van der Waals surface area contributed by atoms with E-state index in [1.165, 1.54) is 12.1 Å². The highest BCUT2D eigenvalue weighted by atomic mass is 19.4. The van der Waals surface area contributed by atoms with E-state index in [9.17, 15) is 13.2 Å². The molecule has 2 nitrogen and oxygen atoms in total. The van der Waals surface area contributed by atoms with Gasteiger partial charge >= 0.3 is 6.18 Å². The highest BCUT2D eigenvalue weighted by molar-refractivity contribution is 5.35. The predicted octanol–water partition coefficient (Wildman–Crippen LogP) is 4.11. The summed E-state index contributed by atoms with van der Waals surface area (Å²) >= 11 is 0. The highest BCUT2D eigenvalue weighted by Crippen LogP contribution is 2.36. The molecule has 0 bridgehead atoms. The van der Waals surface area contributed by atoms with Gasteiger partial charge in [-0.2, -0.15) is 13.2 Å². The summed E-state index contributed by atoms with van der Waals surface area (Å²) in [5.74, 6) is 0.00629. The minimum Gasteiger partial charge on any atom is -0.488 e. The van der Waals surface area contributed by atoms with E-state index in [0.29, 0.717) is 6.54 Å². The van der Waals surface area contributed by atoms with Crippen LogP contribution in [0.15, 0.2) is 24.3 Å². The molecule has 0 saturated carbocycles. The number of benzene rings is 1. The predicted molar refractivity (Wildman–Crippen MR) is 73.8 cm³/mol. The van der Waals surface area contributed by atoms with E-state index in [1.54, 1.807) is 6.07 Å². The van der Waals surface area contributed by atoms with Gasteiger partial charge in [0, 0.05) is 12.6 Å². The zero-order valence-electron chi connectivity index (χ0n) is 12.3. The molecular weight excluding hydrogens is 267 g/mol. The number of alkyl halides is 3. The van der Waals surface area contributed by atoms with Crippen LogP contribution in [0.1, 0.15) is 33.3 Å². The fraction of sp³-hybridized carbons (Fsp3) is 0.600. The van der Waals surface area contributed by atoms with Crippen LogP contribution in [0.25, 0.3) is 0 Å². The van der Waals surface area contributed by atoms with Crippen LogP contribution in [0.4, 0.5) is 13.2 Å². The van der Waals surface area contributed by atoms with Gasteiger partial charge in [0.15, 0.2) is 0 Å². The average molecular weight is 289 g/mol. The molecule has 1 aromatic carbocycles. The van der Waals surface area contributed by atoms with Gasteiger partial charge in [-0.25, -0.2) is 0 Å². The van der Waals surface area contributed by atoms with E-state index in [2.05, 4.69) is 5.32 Å². The van der Waals surface area contributed by atoms with Crippen LogP contribution >= 0.6 is 0 Å². The third kappa shape index (κ3) is 5.04. The van der Waals surface area contributed by atoms with Gasteiger partial charge in [0.25, 0.3) is 0 Å². The van der Waals surface area contributed by atoms with Gasteiger partial charge in [-0.1, -0.05) is 39.8 Å². The molecule has 0 aliphatic rings. The summed E-state index contributed by atoms with van der Waals surface area (Å²) in [7, 11) is 0. The lowest BCUT2D eigenvalue weighted by molar-refractivity contribution is -0.139. The summed E-state index contributed by atoms with van der Waals surface area (Å²) in [5.41, 5.74) is -0.727. The topological polar surface area (TPSA) is 21.3 Å². The van der Waals surface area contributed by atoms with Gasteiger partial charge in [-0.15, -0.1) is 0 Å². The first-order valence-corrected chi connectivity index (χ1v) is 6.78. The minimum atomic E-state index is -4.40. The van der Waals surface area contributed by atoms with Crippen LogP contribution in [-0.2, 0) is 6.18 Å². The summed E-state index contributed by atoms with van der Waals surface area (Å²) in [6.45, 7) is 8.36. The molecule has 1 rings (SSSR count). The maximum absolute atomic E-state index is 12.9. The molecule has 0 radical (unpaired) electrons. The van der Waals surface area contributed by atoms with E-state index in [0.717, 1.165) is 6.07 Å². The second-order valence-electron chi connectivity index (χ2n) is 5.46. The molecule has 5 heteroatoms. The lowest BCUT2D eigenvalue weighted by Gasteiger charge is -2.25. The van der Waals surface area contributed by atoms with Gasteiger partial charge in [0.05, 0.1) is 5.56 Å². The third-order valence-corrected chi connectivity index (χ3v) is 2.94. The Hall–Kier alpha value is -1.23. The SMILES string of the molecule is CC(C)NCC(Oc1ccccc1C(F)(F)F)C(C)C. The molecule has 0 aromatic heterocycles. The lowest BCUT2D eigenvalue weighted by Crippen LogP contribution is -2.38. The van der Waals surface area contributed by atoms with Crippen LogP contribution in [0.2, 0.25) is 0 Å². The monoisotopic (exact) mass is 289 g/mol.